The van der Waals surface area contributed by atoms with Gasteiger partial charge in [-0.3, -0.25) is 4.79 Å². The third-order valence-electron chi connectivity index (χ3n) is 4.15. The third-order valence-corrected chi connectivity index (χ3v) is 4.15. The smallest absolute Gasteiger partial charge is 0.256 e. The lowest BCUT2D eigenvalue weighted by molar-refractivity contribution is 0.102. The molecule has 0 spiro atoms. The molecule has 1 aromatic heterocycles. The largest absolute Gasteiger partial charge is 0.439 e. The number of aryl methyl sites for hydroxylation is 1. The molecule has 1 heterocycles. The number of aromatic nitrogens is 2. The molecule has 0 aliphatic carbocycles. The molecule has 4 aromatic rings. The molecule has 0 atom stereocenters. The molecule has 4 rings (SSSR count). The number of anilines is 1. The zero-order valence-corrected chi connectivity index (χ0v) is 14.7. The molecule has 5 heteroatoms. The van der Waals surface area contributed by atoms with Crippen molar-refractivity contribution in [3.05, 3.63) is 90.4 Å². The zero-order chi connectivity index (χ0) is 18.6. The van der Waals surface area contributed by atoms with Crippen molar-refractivity contribution in [3.63, 3.8) is 0 Å². The molecule has 132 valence electrons. The van der Waals surface area contributed by atoms with Gasteiger partial charge in [0.1, 0.15) is 12.1 Å². The minimum absolute atomic E-state index is 0.143. The van der Waals surface area contributed by atoms with E-state index in [4.69, 9.17) is 4.74 Å². The molecule has 0 aliphatic heterocycles. The van der Waals surface area contributed by atoms with Crippen molar-refractivity contribution >= 4 is 22.4 Å². The first-order valence-corrected chi connectivity index (χ1v) is 8.54. The van der Waals surface area contributed by atoms with Crippen LogP contribution in [0.15, 0.2) is 79.3 Å². The second kappa shape index (κ2) is 7.25. The van der Waals surface area contributed by atoms with Crippen LogP contribution in [-0.2, 0) is 0 Å². The quantitative estimate of drug-likeness (QED) is 0.560. The van der Waals surface area contributed by atoms with E-state index < -0.39 is 0 Å². The van der Waals surface area contributed by atoms with Crippen molar-refractivity contribution < 1.29 is 9.53 Å². The number of nitrogens with zero attached hydrogens (tertiary/aromatic N) is 2. The Morgan fingerprint density at radius 1 is 1.00 bits per heavy atom. The number of rotatable bonds is 4. The molecule has 0 bridgehead atoms. The van der Waals surface area contributed by atoms with E-state index in [1.54, 1.807) is 12.3 Å². The van der Waals surface area contributed by atoms with Crippen molar-refractivity contribution in [2.75, 3.05) is 5.32 Å². The fourth-order valence-corrected chi connectivity index (χ4v) is 2.90. The summed E-state index contributed by atoms with van der Waals surface area (Å²) in [4.78, 5) is 20.7. The van der Waals surface area contributed by atoms with Crippen molar-refractivity contribution in [2.45, 2.75) is 6.92 Å². The fourth-order valence-electron chi connectivity index (χ4n) is 2.90. The van der Waals surface area contributed by atoms with E-state index >= 15 is 0 Å². The summed E-state index contributed by atoms with van der Waals surface area (Å²) >= 11 is 0. The van der Waals surface area contributed by atoms with Gasteiger partial charge in [0.2, 0.25) is 5.88 Å². The highest BCUT2D eigenvalue weighted by Gasteiger charge is 2.11. The van der Waals surface area contributed by atoms with Gasteiger partial charge in [0.15, 0.2) is 0 Å². The number of ether oxygens (including phenoxy) is 1. The van der Waals surface area contributed by atoms with Gasteiger partial charge >= 0.3 is 0 Å². The van der Waals surface area contributed by atoms with Crippen LogP contribution >= 0.6 is 0 Å². The zero-order valence-electron chi connectivity index (χ0n) is 14.7. The van der Waals surface area contributed by atoms with E-state index in [1.165, 1.54) is 6.33 Å². The Balaban J connectivity index is 1.63. The van der Waals surface area contributed by atoms with Crippen LogP contribution in [-0.4, -0.2) is 15.9 Å². The third kappa shape index (κ3) is 3.77. The Labute approximate surface area is 156 Å². The van der Waals surface area contributed by atoms with Gasteiger partial charge in [-0.05, 0) is 59.7 Å². The highest BCUT2D eigenvalue weighted by molar-refractivity contribution is 6.13. The summed E-state index contributed by atoms with van der Waals surface area (Å²) in [5.74, 6) is 0.978. The molecule has 5 nitrogen and oxygen atoms in total. The molecule has 0 radical (unpaired) electrons. The van der Waals surface area contributed by atoms with Crippen molar-refractivity contribution in [1.82, 2.24) is 9.97 Å². The Kier molecular flexibility index (Phi) is 4.49. The van der Waals surface area contributed by atoms with Crippen molar-refractivity contribution in [2.24, 2.45) is 0 Å². The van der Waals surface area contributed by atoms with Gasteiger partial charge < -0.3 is 10.1 Å². The van der Waals surface area contributed by atoms with Crippen molar-refractivity contribution in [1.29, 1.82) is 0 Å². The summed E-state index contributed by atoms with van der Waals surface area (Å²) in [6.07, 6.45) is 3.06. The van der Waals surface area contributed by atoms with Crippen LogP contribution in [0.1, 0.15) is 15.9 Å². The van der Waals surface area contributed by atoms with Crippen LogP contribution in [0.2, 0.25) is 0 Å². The Bertz CT molecular complexity index is 1110. The maximum Gasteiger partial charge on any atom is 0.256 e. The standard InChI is InChI=1S/C22H17N3O2/c1-15-4-2-6-17(12-15)25-22(26)20-7-3-5-16-13-18(8-9-19(16)20)27-21-10-11-23-14-24-21/h2-14H,1H3,(H,25,26). The summed E-state index contributed by atoms with van der Waals surface area (Å²) < 4.78 is 5.74. The summed E-state index contributed by atoms with van der Waals surface area (Å²) in [5.41, 5.74) is 2.49. The Morgan fingerprint density at radius 3 is 2.70 bits per heavy atom. The summed E-state index contributed by atoms with van der Waals surface area (Å²) in [6.45, 7) is 1.99. The van der Waals surface area contributed by atoms with Gasteiger partial charge in [0.05, 0.1) is 0 Å². The van der Waals surface area contributed by atoms with Crippen LogP contribution in [0.25, 0.3) is 10.8 Å². The SMILES string of the molecule is Cc1cccc(NC(=O)c2cccc3cc(Oc4ccncn4)ccc23)c1. The first-order chi connectivity index (χ1) is 13.2. The van der Waals surface area contributed by atoms with E-state index in [0.29, 0.717) is 17.2 Å². The summed E-state index contributed by atoms with van der Waals surface area (Å²) in [5, 5.41) is 4.73. The monoisotopic (exact) mass is 355 g/mol. The minimum Gasteiger partial charge on any atom is -0.439 e. The first-order valence-electron chi connectivity index (χ1n) is 8.54. The number of fused-ring (bicyclic) bond motifs is 1. The number of hydrogen-bond donors (Lipinski definition) is 1. The molecule has 0 aliphatic rings. The lowest BCUT2D eigenvalue weighted by Crippen LogP contribution is -2.12. The molecule has 0 unspecified atom stereocenters. The maximum absolute atomic E-state index is 12.8. The van der Waals surface area contributed by atoms with Gasteiger partial charge in [0.25, 0.3) is 5.91 Å². The lowest BCUT2D eigenvalue weighted by atomic mass is 10.0. The summed E-state index contributed by atoms with van der Waals surface area (Å²) in [6, 6.07) is 20.7. The van der Waals surface area contributed by atoms with E-state index in [2.05, 4.69) is 15.3 Å². The van der Waals surface area contributed by atoms with Gasteiger partial charge in [-0.2, -0.15) is 0 Å². The number of carbonyl (C=O) groups is 1. The van der Waals surface area contributed by atoms with Crippen LogP contribution in [0.4, 0.5) is 5.69 Å². The number of carbonyl (C=O) groups excluding carboxylic acids is 1. The second-order valence-corrected chi connectivity index (χ2v) is 6.16. The average Bonchev–Trinajstić information content (AvgIpc) is 2.68. The number of benzene rings is 3. The average molecular weight is 355 g/mol. The predicted molar refractivity (Wildman–Crippen MR) is 105 cm³/mol. The Hall–Kier alpha value is -3.73. The first kappa shape index (κ1) is 16.7. The molecule has 3 aromatic carbocycles. The topological polar surface area (TPSA) is 64.1 Å². The second-order valence-electron chi connectivity index (χ2n) is 6.16. The van der Waals surface area contributed by atoms with E-state index in [1.807, 2.05) is 67.6 Å². The molecular weight excluding hydrogens is 338 g/mol. The number of hydrogen-bond acceptors (Lipinski definition) is 4. The summed E-state index contributed by atoms with van der Waals surface area (Å²) in [7, 11) is 0. The maximum atomic E-state index is 12.8. The molecule has 27 heavy (non-hydrogen) atoms. The molecule has 1 amide bonds. The van der Waals surface area contributed by atoms with Crippen LogP contribution in [0, 0.1) is 6.92 Å². The van der Waals surface area contributed by atoms with Gasteiger partial charge in [-0.25, -0.2) is 9.97 Å². The van der Waals surface area contributed by atoms with E-state index in [0.717, 1.165) is 22.0 Å². The minimum atomic E-state index is -0.143. The van der Waals surface area contributed by atoms with Crippen LogP contribution < -0.4 is 10.1 Å². The van der Waals surface area contributed by atoms with Crippen LogP contribution in [0.5, 0.6) is 11.6 Å². The lowest BCUT2D eigenvalue weighted by Gasteiger charge is -2.10. The highest BCUT2D eigenvalue weighted by atomic mass is 16.5. The predicted octanol–water partition coefficient (Wildman–Crippen LogP) is 4.98. The van der Waals surface area contributed by atoms with E-state index in [-0.39, 0.29) is 5.91 Å². The molecular formula is C22H17N3O2. The molecule has 0 saturated carbocycles. The van der Waals surface area contributed by atoms with E-state index in [9.17, 15) is 4.79 Å². The van der Waals surface area contributed by atoms with Crippen molar-refractivity contribution in [3.8, 4) is 11.6 Å². The molecule has 0 fully saturated rings. The Morgan fingerprint density at radius 2 is 1.89 bits per heavy atom. The van der Waals surface area contributed by atoms with Gasteiger partial charge in [0, 0.05) is 23.5 Å². The normalized spacial score (nSPS) is 10.6. The van der Waals surface area contributed by atoms with Gasteiger partial charge in [-0.1, -0.05) is 24.3 Å². The number of nitrogens with one attached hydrogen (secondary N) is 1. The fraction of sp³-hybridized carbons (Fsp3) is 0.0455. The van der Waals surface area contributed by atoms with Crippen LogP contribution in [0.3, 0.4) is 0 Å². The van der Waals surface area contributed by atoms with Gasteiger partial charge in [-0.15, -0.1) is 0 Å². The molecule has 0 saturated heterocycles. The highest BCUT2D eigenvalue weighted by Crippen LogP contribution is 2.27. The number of amides is 1. The molecule has 1 N–H and O–H groups in total.